The maximum atomic E-state index is 13.3. The summed E-state index contributed by atoms with van der Waals surface area (Å²) >= 11 is 0. The normalized spacial score (nSPS) is 18.6. The van der Waals surface area contributed by atoms with Crippen molar-refractivity contribution in [3.05, 3.63) is 30.1 Å². The van der Waals surface area contributed by atoms with E-state index in [2.05, 4.69) is 16.0 Å². The van der Waals surface area contributed by atoms with Crippen LogP contribution >= 0.6 is 0 Å². The molecule has 5 N–H and O–H groups in total. The van der Waals surface area contributed by atoms with Crippen LogP contribution < -0.4 is 26.8 Å². The lowest BCUT2D eigenvalue weighted by atomic mass is 9.94. The summed E-state index contributed by atoms with van der Waals surface area (Å²) in [5, 5.41) is 18.5. The first-order valence-electron chi connectivity index (χ1n) is 10.9. The smallest absolute Gasteiger partial charge is 0.319 e. The van der Waals surface area contributed by atoms with E-state index in [0.29, 0.717) is 6.42 Å². The van der Waals surface area contributed by atoms with Crippen LogP contribution in [0.2, 0.25) is 0 Å². The number of carbonyl (C=O) groups is 5. The highest BCUT2D eigenvalue weighted by Gasteiger charge is 2.38. The van der Waals surface area contributed by atoms with E-state index in [-0.39, 0.29) is 31.0 Å². The number of carboxylic acid groups (broad SMARTS) is 1. The molecule has 0 saturated carbocycles. The molecule has 0 bridgehead atoms. The highest BCUT2D eigenvalue weighted by atomic mass is 19.1. The molecule has 12 heteroatoms. The highest BCUT2D eigenvalue weighted by molar-refractivity contribution is 5.93. The van der Waals surface area contributed by atoms with Crippen LogP contribution in [0.5, 0.6) is 0 Å². The Bertz CT molecular complexity index is 940. The molecular formula is C22H29FN5O6-. The Hall–Kier alpha value is -3.70. The third-order valence-electron chi connectivity index (χ3n) is 5.46. The summed E-state index contributed by atoms with van der Waals surface area (Å²) in [4.78, 5) is 61.7. The predicted octanol–water partition coefficient (Wildman–Crippen LogP) is -0.537. The van der Waals surface area contributed by atoms with Crippen molar-refractivity contribution in [1.29, 1.82) is 0 Å². The Balaban J connectivity index is 2.12. The zero-order valence-electron chi connectivity index (χ0n) is 19.0. The van der Waals surface area contributed by atoms with E-state index in [9.17, 15) is 33.5 Å². The van der Waals surface area contributed by atoms with Crippen molar-refractivity contribution in [2.75, 3.05) is 11.9 Å². The van der Waals surface area contributed by atoms with E-state index < -0.39 is 60.1 Å². The first kappa shape index (κ1) is 26.6. The van der Waals surface area contributed by atoms with Gasteiger partial charge in [0, 0.05) is 30.7 Å². The number of aliphatic carboxylic acids is 1. The van der Waals surface area contributed by atoms with Crippen LogP contribution in [0.4, 0.5) is 14.9 Å². The molecular weight excluding hydrogens is 449 g/mol. The molecule has 186 valence electrons. The fourth-order valence-corrected chi connectivity index (χ4v) is 3.73. The molecule has 1 aromatic rings. The number of nitrogens with two attached hydrogens (primary N) is 1. The number of nitrogens with one attached hydrogen (secondary N) is 3. The molecule has 0 unspecified atom stereocenters. The Labute approximate surface area is 196 Å². The second-order valence-corrected chi connectivity index (χ2v) is 8.44. The van der Waals surface area contributed by atoms with Crippen LogP contribution in [0.3, 0.4) is 0 Å². The monoisotopic (exact) mass is 478 g/mol. The van der Waals surface area contributed by atoms with Gasteiger partial charge in [-0.25, -0.2) is 9.18 Å². The number of primary amides is 1. The number of hydrogen-bond donors (Lipinski definition) is 4. The van der Waals surface area contributed by atoms with Crippen molar-refractivity contribution in [1.82, 2.24) is 15.5 Å². The molecule has 1 aliphatic heterocycles. The molecule has 2 rings (SSSR count). The average molecular weight is 479 g/mol. The van der Waals surface area contributed by atoms with Crippen molar-refractivity contribution in [2.24, 2.45) is 11.7 Å². The van der Waals surface area contributed by atoms with Gasteiger partial charge in [-0.1, -0.05) is 19.9 Å². The van der Waals surface area contributed by atoms with Crippen LogP contribution in [0, 0.1) is 11.7 Å². The predicted molar refractivity (Wildman–Crippen MR) is 117 cm³/mol. The Kier molecular flexibility index (Phi) is 9.34. The molecule has 0 aromatic heterocycles. The number of likely N-dealkylation sites (tertiary alicyclic amines) is 1. The van der Waals surface area contributed by atoms with Crippen LogP contribution in [0.25, 0.3) is 0 Å². The van der Waals surface area contributed by atoms with Crippen LogP contribution in [-0.4, -0.2) is 59.3 Å². The van der Waals surface area contributed by atoms with Gasteiger partial charge in [0.15, 0.2) is 0 Å². The third kappa shape index (κ3) is 7.71. The fraction of sp³-hybridized carbons (Fsp3) is 0.500. The van der Waals surface area contributed by atoms with Crippen molar-refractivity contribution in [3.63, 3.8) is 0 Å². The number of piperidine rings is 1. The summed E-state index contributed by atoms with van der Waals surface area (Å²) in [6.45, 7) is 3.46. The number of benzene rings is 1. The zero-order valence-corrected chi connectivity index (χ0v) is 19.0. The summed E-state index contributed by atoms with van der Waals surface area (Å²) in [6, 6.07) is 2.13. The van der Waals surface area contributed by atoms with Gasteiger partial charge in [-0.05, 0) is 43.4 Å². The standard InChI is InChI=1S/C22H30FN5O6/c1-12(2)19(20(24)32)27-21(33)16-11-15(8-9-28(16)17(29)6-7-18(30)31)26-22(34)25-14-5-3-4-13(23)10-14/h3-5,10,12,15-16,19H,6-9,11H2,1-2H3,(H2,24,32)(H,27,33)(H,30,31)(H2,25,26,34)/p-1/t15-,16-,19+/m0/s1. The van der Waals surface area contributed by atoms with Gasteiger partial charge >= 0.3 is 6.03 Å². The number of amides is 5. The first-order chi connectivity index (χ1) is 16.0. The number of urea groups is 1. The van der Waals surface area contributed by atoms with Gasteiger partial charge in [-0.15, -0.1) is 0 Å². The maximum absolute atomic E-state index is 13.3. The Morgan fingerprint density at radius 3 is 2.50 bits per heavy atom. The molecule has 0 radical (unpaired) electrons. The molecule has 0 aliphatic carbocycles. The minimum Gasteiger partial charge on any atom is -0.550 e. The van der Waals surface area contributed by atoms with Gasteiger partial charge in [-0.2, -0.15) is 0 Å². The molecule has 1 aliphatic rings. The van der Waals surface area contributed by atoms with E-state index in [1.165, 1.54) is 23.1 Å². The molecule has 1 fully saturated rings. The summed E-state index contributed by atoms with van der Waals surface area (Å²) in [7, 11) is 0. The van der Waals surface area contributed by atoms with E-state index in [1.54, 1.807) is 13.8 Å². The van der Waals surface area contributed by atoms with Crippen molar-refractivity contribution < 1.29 is 33.5 Å². The van der Waals surface area contributed by atoms with Crippen LogP contribution in [0.1, 0.15) is 39.5 Å². The summed E-state index contributed by atoms with van der Waals surface area (Å²) in [6.07, 6.45) is -0.547. The van der Waals surface area contributed by atoms with E-state index in [1.807, 2.05) is 0 Å². The molecule has 34 heavy (non-hydrogen) atoms. The number of carbonyl (C=O) groups excluding carboxylic acids is 5. The topological polar surface area (TPSA) is 174 Å². The zero-order chi connectivity index (χ0) is 25.4. The van der Waals surface area contributed by atoms with E-state index in [4.69, 9.17) is 5.73 Å². The molecule has 1 saturated heterocycles. The first-order valence-corrected chi connectivity index (χ1v) is 10.9. The van der Waals surface area contributed by atoms with Crippen molar-refractivity contribution >= 4 is 35.4 Å². The molecule has 5 amide bonds. The minimum absolute atomic E-state index is 0.0169. The Morgan fingerprint density at radius 2 is 1.91 bits per heavy atom. The maximum Gasteiger partial charge on any atom is 0.319 e. The Morgan fingerprint density at radius 1 is 1.21 bits per heavy atom. The lowest BCUT2D eigenvalue weighted by Crippen LogP contribution is -2.60. The molecule has 11 nitrogen and oxygen atoms in total. The van der Waals surface area contributed by atoms with Gasteiger partial charge in [-0.3, -0.25) is 14.4 Å². The minimum atomic E-state index is -1.39. The van der Waals surface area contributed by atoms with Gasteiger partial charge in [0.25, 0.3) is 0 Å². The number of hydrogen-bond acceptors (Lipinski definition) is 6. The van der Waals surface area contributed by atoms with Crippen LogP contribution in [-0.2, 0) is 19.2 Å². The lowest BCUT2D eigenvalue weighted by Gasteiger charge is -2.39. The summed E-state index contributed by atoms with van der Waals surface area (Å²) in [5.41, 5.74) is 5.61. The molecule has 1 heterocycles. The second-order valence-electron chi connectivity index (χ2n) is 8.44. The summed E-state index contributed by atoms with van der Waals surface area (Å²) < 4.78 is 13.3. The van der Waals surface area contributed by atoms with Gasteiger partial charge < -0.3 is 36.5 Å². The third-order valence-corrected chi connectivity index (χ3v) is 5.46. The molecule has 1 aromatic carbocycles. The summed E-state index contributed by atoms with van der Waals surface area (Å²) in [5.74, 6) is -4.17. The van der Waals surface area contributed by atoms with Crippen LogP contribution in [0.15, 0.2) is 24.3 Å². The van der Waals surface area contributed by atoms with Gasteiger partial charge in [0.05, 0.1) is 0 Å². The second kappa shape index (κ2) is 12.0. The lowest BCUT2D eigenvalue weighted by molar-refractivity contribution is -0.305. The highest BCUT2D eigenvalue weighted by Crippen LogP contribution is 2.21. The van der Waals surface area contributed by atoms with Gasteiger partial charge in [0.2, 0.25) is 17.7 Å². The number of rotatable bonds is 9. The molecule has 3 atom stereocenters. The van der Waals surface area contributed by atoms with Crippen molar-refractivity contribution in [2.45, 2.75) is 57.7 Å². The number of carboxylic acids is 1. The quantitative estimate of drug-likeness (QED) is 0.371. The van der Waals surface area contributed by atoms with E-state index in [0.717, 1.165) is 6.07 Å². The number of halogens is 1. The molecule has 0 spiro atoms. The SMILES string of the molecule is CC(C)[C@@H](NC(=O)[C@@H]1C[C@@H](NC(=O)Nc2cccc(F)c2)CCN1C(=O)CCC(=O)[O-])C(N)=O. The number of nitrogens with zero attached hydrogens (tertiary/aromatic N) is 1. The number of anilines is 1. The largest absolute Gasteiger partial charge is 0.550 e. The van der Waals surface area contributed by atoms with Gasteiger partial charge in [0.1, 0.15) is 17.9 Å². The van der Waals surface area contributed by atoms with Crippen molar-refractivity contribution in [3.8, 4) is 0 Å². The fourth-order valence-electron chi connectivity index (χ4n) is 3.73. The van der Waals surface area contributed by atoms with E-state index >= 15 is 0 Å². The average Bonchev–Trinajstić information content (AvgIpc) is 2.75.